The second-order valence-electron chi connectivity index (χ2n) is 6.88. The van der Waals surface area contributed by atoms with E-state index in [4.69, 9.17) is 17.0 Å². The minimum atomic E-state index is -0.118. The number of rotatable bonds is 6. The van der Waals surface area contributed by atoms with Gasteiger partial charge >= 0.3 is 0 Å². The van der Waals surface area contributed by atoms with Gasteiger partial charge in [0.15, 0.2) is 0 Å². The van der Waals surface area contributed by atoms with Crippen molar-refractivity contribution < 1.29 is 14.3 Å². The Morgan fingerprint density at radius 1 is 1.18 bits per heavy atom. The summed E-state index contributed by atoms with van der Waals surface area (Å²) in [5.74, 6) is 0.804. The number of thioether (sulfide) groups is 1. The van der Waals surface area contributed by atoms with Crippen molar-refractivity contribution in [2.45, 2.75) is 39.0 Å². The smallest absolute Gasteiger partial charge is 0.266 e. The number of carbonyl (C=O) groups is 2. The number of likely N-dealkylation sites (tertiary alicyclic amines) is 1. The van der Waals surface area contributed by atoms with Crippen molar-refractivity contribution >= 4 is 46.2 Å². The van der Waals surface area contributed by atoms with Crippen LogP contribution in [-0.4, -0.2) is 52.2 Å². The maximum Gasteiger partial charge on any atom is 0.266 e. The van der Waals surface area contributed by atoms with Crippen LogP contribution < -0.4 is 4.74 Å². The number of benzene rings is 1. The Hall–Kier alpha value is -1.86. The standard InChI is InChI=1S/C21H26N2O3S2/c1-2-26-17-9-7-16(8-10-17)15-18-20(25)23(21(27)28-18)14-11-19(24)22-12-5-3-4-6-13-22/h7-10,15H,2-6,11-14H2,1H3/b18-15-. The Bertz CT molecular complexity index is 753. The largest absolute Gasteiger partial charge is 0.494 e. The van der Waals surface area contributed by atoms with Gasteiger partial charge in [-0.25, -0.2) is 0 Å². The molecule has 28 heavy (non-hydrogen) atoms. The van der Waals surface area contributed by atoms with Crippen molar-refractivity contribution in [2.75, 3.05) is 26.2 Å². The monoisotopic (exact) mass is 418 g/mol. The fraction of sp³-hybridized carbons (Fsp3) is 0.476. The molecule has 0 bridgehead atoms. The van der Waals surface area contributed by atoms with E-state index in [9.17, 15) is 9.59 Å². The second-order valence-corrected chi connectivity index (χ2v) is 8.56. The van der Waals surface area contributed by atoms with Crippen LogP contribution in [0.4, 0.5) is 0 Å². The van der Waals surface area contributed by atoms with Gasteiger partial charge in [-0.2, -0.15) is 0 Å². The average molecular weight is 419 g/mol. The van der Waals surface area contributed by atoms with Crippen molar-refractivity contribution in [1.82, 2.24) is 9.80 Å². The van der Waals surface area contributed by atoms with E-state index in [1.54, 1.807) is 4.90 Å². The van der Waals surface area contributed by atoms with Crippen molar-refractivity contribution in [3.05, 3.63) is 34.7 Å². The minimum Gasteiger partial charge on any atom is -0.494 e. The molecule has 0 atom stereocenters. The number of hydrogen-bond acceptors (Lipinski definition) is 5. The highest BCUT2D eigenvalue weighted by atomic mass is 32.2. The summed E-state index contributed by atoms with van der Waals surface area (Å²) in [5, 5.41) is 0. The second kappa shape index (κ2) is 10.1. The molecule has 1 aromatic carbocycles. The van der Waals surface area contributed by atoms with Crippen LogP contribution in [0.3, 0.4) is 0 Å². The van der Waals surface area contributed by atoms with Crippen molar-refractivity contribution in [3.63, 3.8) is 0 Å². The molecule has 0 unspecified atom stereocenters. The van der Waals surface area contributed by atoms with Gasteiger partial charge in [0.05, 0.1) is 11.5 Å². The van der Waals surface area contributed by atoms with Crippen LogP contribution in [0.2, 0.25) is 0 Å². The first kappa shape index (κ1) is 20.9. The summed E-state index contributed by atoms with van der Waals surface area (Å²) in [4.78, 5) is 29.3. The van der Waals surface area contributed by atoms with Crippen molar-refractivity contribution in [2.24, 2.45) is 0 Å². The lowest BCUT2D eigenvalue weighted by atomic mass is 10.2. The molecule has 2 amide bonds. The van der Waals surface area contributed by atoms with Crippen LogP contribution in [0.25, 0.3) is 6.08 Å². The molecule has 3 rings (SSSR count). The molecule has 2 saturated heterocycles. The summed E-state index contributed by atoms with van der Waals surface area (Å²) >= 11 is 6.67. The Labute approximate surface area is 176 Å². The number of nitrogens with zero attached hydrogens (tertiary/aromatic N) is 2. The van der Waals surface area contributed by atoms with E-state index in [0.717, 1.165) is 37.2 Å². The third-order valence-electron chi connectivity index (χ3n) is 4.87. The zero-order valence-corrected chi connectivity index (χ0v) is 17.8. The minimum absolute atomic E-state index is 0.117. The summed E-state index contributed by atoms with van der Waals surface area (Å²) < 4.78 is 5.96. The molecular weight excluding hydrogens is 392 g/mol. The molecule has 2 fully saturated rings. The molecule has 0 radical (unpaired) electrons. The van der Waals surface area contributed by atoms with Gasteiger partial charge < -0.3 is 9.64 Å². The van der Waals surface area contributed by atoms with Gasteiger partial charge in [-0.3, -0.25) is 14.5 Å². The Balaban J connectivity index is 1.59. The van der Waals surface area contributed by atoms with E-state index < -0.39 is 0 Å². The molecule has 0 spiro atoms. The van der Waals surface area contributed by atoms with Crippen molar-refractivity contribution in [3.8, 4) is 5.75 Å². The number of hydrogen-bond donors (Lipinski definition) is 0. The number of ether oxygens (including phenoxy) is 1. The number of amides is 2. The SMILES string of the molecule is CCOc1ccc(/C=C2\SC(=S)N(CCC(=O)N3CCCCCC3)C2=O)cc1. The number of thiocarbonyl (C=S) groups is 1. The van der Waals surface area contributed by atoms with Crippen LogP contribution in [0.1, 0.15) is 44.6 Å². The highest BCUT2D eigenvalue weighted by Gasteiger charge is 2.32. The topological polar surface area (TPSA) is 49.9 Å². The van der Waals surface area contributed by atoms with Crippen LogP contribution in [0, 0.1) is 0 Å². The molecule has 2 heterocycles. The van der Waals surface area contributed by atoms with E-state index >= 15 is 0 Å². The molecule has 2 aliphatic rings. The molecule has 1 aromatic rings. The van der Waals surface area contributed by atoms with Gasteiger partial charge in [0.25, 0.3) is 5.91 Å². The van der Waals surface area contributed by atoms with Gasteiger partial charge in [0.1, 0.15) is 10.1 Å². The predicted octanol–water partition coefficient (Wildman–Crippen LogP) is 4.08. The van der Waals surface area contributed by atoms with Gasteiger partial charge in [-0.05, 0) is 43.5 Å². The molecule has 2 aliphatic heterocycles. The molecule has 7 heteroatoms. The zero-order valence-electron chi connectivity index (χ0n) is 16.2. The van der Waals surface area contributed by atoms with Gasteiger partial charge in [-0.1, -0.05) is 49.0 Å². The van der Waals surface area contributed by atoms with Crippen molar-refractivity contribution in [1.29, 1.82) is 0 Å². The molecule has 0 N–H and O–H groups in total. The summed E-state index contributed by atoms with van der Waals surface area (Å²) in [6.07, 6.45) is 6.67. The van der Waals surface area contributed by atoms with Crippen LogP contribution in [-0.2, 0) is 9.59 Å². The molecule has 150 valence electrons. The lowest BCUT2D eigenvalue weighted by Crippen LogP contribution is -2.36. The number of carbonyl (C=O) groups excluding carboxylic acids is 2. The van der Waals surface area contributed by atoms with E-state index in [-0.39, 0.29) is 11.8 Å². The summed E-state index contributed by atoms with van der Waals surface area (Å²) in [6.45, 7) is 4.56. The summed E-state index contributed by atoms with van der Waals surface area (Å²) in [5.41, 5.74) is 0.921. The maximum atomic E-state index is 12.7. The third kappa shape index (κ3) is 5.35. The van der Waals surface area contributed by atoms with E-state index in [1.165, 1.54) is 24.6 Å². The Morgan fingerprint density at radius 2 is 1.86 bits per heavy atom. The van der Waals surface area contributed by atoms with Gasteiger partial charge in [0, 0.05) is 26.1 Å². The fourth-order valence-corrected chi connectivity index (χ4v) is 4.67. The van der Waals surface area contributed by atoms with E-state index in [2.05, 4.69) is 0 Å². The highest BCUT2D eigenvalue weighted by molar-refractivity contribution is 8.26. The zero-order chi connectivity index (χ0) is 19.9. The molecular formula is C21H26N2O3S2. The van der Waals surface area contributed by atoms with E-state index in [0.29, 0.717) is 28.8 Å². The van der Waals surface area contributed by atoms with Crippen LogP contribution >= 0.6 is 24.0 Å². The normalized spacial score (nSPS) is 19.2. The Kier molecular flexibility index (Phi) is 7.50. The lowest BCUT2D eigenvalue weighted by molar-refractivity contribution is -0.131. The quantitative estimate of drug-likeness (QED) is 0.515. The first-order chi connectivity index (χ1) is 13.6. The highest BCUT2D eigenvalue weighted by Crippen LogP contribution is 2.33. The lowest BCUT2D eigenvalue weighted by Gasteiger charge is -2.22. The van der Waals surface area contributed by atoms with Crippen LogP contribution in [0.5, 0.6) is 5.75 Å². The summed E-state index contributed by atoms with van der Waals surface area (Å²) in [7, 11) is 0. The fourth-order valence-electron chi connectivity index (χ4n) is 3.36. The molecule has 0 saturated carbocycles. The first-order valence-electron chi connectivity index (χ1n) is 9.84. The maximum absolute atomic E-state index is 12.7. The summed E-state index contributed by atoms with van der Waals surface area (Å²) in [6, 6.07) is 7.60. The average Bonchev–Trinajstić information content (AvgIpc) is 2.88. The Morgan fingerprint density at radius 3 is 2.50 bits per heavy atom. The van der Waals surface area contributed by atoms with Gasteiger partial charge in [-0.15, -0.1) is 0 Å². The molecule has 0 aliphatic carbocycles. The predicted molar refractivity (Wildman–Crippen MR) is 117 cm³/mol. The van der Waals surface area contributed by atoms with Crippen LogP contribution in [0.15, 0.2) is 29.2 Å². The van der Waals surface area contributed by atoms with E-state index in [1.807, 2.05) is 42.2 Å². The molecule has 5 nitrogen and oxygen atoms in total. The third-order valence-corrected chi connectivity index (χ3v) is 6.25. The molecule has 0 aromatic heterocycles. The van der Waals surface area contributed by atoms with Gasteiger partial charge in [0.2, 0.25) is 5.91 Å². The first-order valence-corrected chi connectivity index (χ1v) is 11.1.